The quantitative estimate of drug-likeness (QED) is 0.559. The fourth-order valence-corrected chi connectivity index (χ4v) is 4.04. The number of nitrogens with zero attached hydrogens (tertiary/aromatic N) is 4. The molecule has 27 heavy (non-hydrogen) atoms. The Kier molecular flexibility index (Phi) is 4.96. The van der Waals surface area contributed by atoms with Gasteiger partial charge in [0.2, 0.25) is 0 Å². The number of likely N-dealkylation sites (N-methyl/N-ethyl adjacent to an activating group) is 1. The van der Waals surface area contributed by atoms with Crippen LogP contribution in [0.2, 0.25) is 0 Å². The zero-order chi connectivity index (χ0) is 17.5. The number of benzene rings is 1. The summed E-state index contributed by atoms with van der Waals surface area (Å²) in [4.78, 5) is 11.4. The van der Waals surface area contributed by atoms with Crippen LogP contribution in [0, 0.1) is 0 Å². The summed E-state index contributed by atoms with van der Waals surface area (Å²) in [6.45, 7) is 2.74. The third kappa shape index (κ3) is 3.37. The van der Waals surface area contributed by atoms with Gasteiger partial charge in [-0.2, -0.15) is 4.98 Å². The van der Waals surface area contributed by atoms with Crippen LogP contribution in [-0.4, -0.2) is 46.7 Å². The van der Waals surface area contributed by atoms with Crippen LogP contribution in [0.1, 0.15) is 11.9 Å². The minimum Gasteiger partial charge on any atom is -0.448 e. The molecule has 0 saturated carbocycles. The van der Waals surface area contributed by atoms with Gasteiger partial charge in [0.1, 0.15) is 0 Å². The van der Waals surface area contributed by atoms with Crippen LogP contribution in [0.3, 0.4) is 0 Å². The van der Waals surface area contributed by atoms with E-state index in [1.165, 1.54) is 0 Å². The van der Waals surface area contributed by atoms with Gasteiger partial charge in [0.15, 0.2) is 22.4 Å². The average molecular weight is 404 g/mol. The average Bonchev–Trinajstić information content (AvgIpc) is 3.39. The van der Waals surface area contributed by atoms with Crippen molar-refractivity contribution in [3.8, 4) is 22.4 Å². The van der Waals surface area contributed by atoms with Gasteiger partial charge < -0.3 is 14.3 Å². The zero-order valence-electron chi connectivity index (χ0n) is 14.6. The van der Waals surface area contributed by atoms with E-state index in [0.717, 1.165) is 34.9 Å². The number of halogens is 1. The smallest absolute Gasteiger partial charge is 0.293 e. The maximum absolute atomic E-state index is 5.94. The van der Waals surface area contributed by atoms with Crippen molar-refractivity contribution in [2.24, 2.45) is 0 Å². The molecule has 1 atom stereocenters. The summed E-state index contributed by atoms with van der Waals surface area (Å²) in [6.07, 6.45) is 0. The van der Waals surface area contributed by atoms with Crippen LogP contribution >= 0.6 is 23.7 Å². The number of piperazine rings is 1. The Hall–Kier alpha value is -2.26. The molecule has 1 unspecified atom stereocenters. The van der Waals surface area contributed by atoms with E-state index in [0.29, 0.717) is 23.2 Å². The first-order valence-electron chi connectivity index (χ1n) is 8.48. The molecule has 4 aromatic rings. The van der Waals surface area contributed by atoms with E-state index in [9.17, 15) is 0 Å². The van der Waals surface area contributed by atoms with Crippen LogP contribution in [0.4, 0.5) is 0 Å². The van der Waals surface area contributed by atoms with Crippen LogP contribution in [-0.2, 0) is 0 Å². The number of hydrogen-bond acceptors (Lipinski definition) is 8. The number of hydrogen-bond donors (Lipinski definition) is 1. The van der Waals surface area contributed by atoms with Gasteiger partial charge in [-0.05, 0) is 31.3 Å². The molecule has 0 bridgehead atoms. The van der Waals surface area contributed by atoms with Gasteiger partial charge in [-0.1, -0.05) is 17.3 Å². The fourth-order valence-electron chi connectivity index (χ4n) is 3.11. The highest BCUT2D eigenvalue weighted by atomic mass is 35.5. The first-order chi connectivity index (χ1) is 12.8. The van der Waals surface area contributed by atoms with E-state index in [1.807, 2.05) is 30.3 Å². The van der Waals surface area contributed by atoms with Crippen molar-refractivity contribution >= 4 is 34.0 Å². The summed E-state index contributed by atoms with van der Waals surface area (Å²) in [5.74, 6) is 2.33. The number of para-hydroxylation sites is 1. The number of nitrogens with one attached hydrogen (secondary N) is 1. The lowest BCUT2D eigenvalue weighted by atomic mass is 10.2. The van der Waals surface area contributed by atoms with Gasteiger partial charge >= 0.3 is 0 Å². The predicted molar refractivity (Wildman–Crippen MR) is 106 cm³/mol. The number of aromatic nitrogens is 3. The Morgan fingerprint density at radius 3 is 2.85 bits per heavy atom. The number of thiazole rings is 1. The zero-order valence-corrected chi connectivity index (χ0v) is 16.2. The van der Waals surface area contributed by atoms with Crippen LogP contribution in [0.15, 0.2) is 45.3 Å². The summed E-state index contributed by atoms with van der Waals surface area (Å²) >= 11 is 1.60. The Labute approximate surface area is 165 Å². The van der Waals surface area contributed by atoms with Crippen molar-refractivity contribution in [2.45, 2.75) is 6.04 Å². The van der Waals surface area contributed by atoms with E-state index >= 15 is 0 Å². The van der Waals surface area contributed by atoms with Crippen LogP contribution < -0.4 is 5.32 Å². The molecule has 4 heterocycles. The summed E-state index contributed by atoms with van der Waals surface area (Å²) in [5.41, 5.74) is 0.971. The topological polar surface area (TPSA) is 80.2 Å². The standard InChI is InChI=1S/C18H17N5O2S.ClH/c1-23-9-8-19-10-12(23)16-21-17(25-22-16)13-6-7-14(24-13)18-20-11-4-2-3-5-15(11)26-18;/h2-7,12,19H,8-10H2,1H3;1H. The summed E-state index contributed by atoms with van der Waals surface area (Å²) in [7, 11) is 2.07. The van der Waals surface area contributed by atoms with Crippen molar-refractivity contribution in [3.05, 3.63) is 42.2 Å². The Morgan fingerprint density at radius 1 is 1.15 bits per heavy atom. The van der Waals surface area contributed by atoms with Crippen molar-refractivity contribution < 1.29 is 8.94 Å². The van der Waals surface area contributed by atoms with Crippen LogP contribution in [0.5, 0.6) is 0 Å². The van der Waals surface area contributed by atoms with Gasteiger partial charge in [0, 0.05) is 19.6 Å². The second-order valence-corrected chi connectivity index (χ2v) is 7.34. The molecular formula is C18H18ClN5O2S. The van der Waals surface area contributed by atoms with Crippen molar-refractivity contribution in [3.63, 3.8) is 0 Å². The molecule has 3 aromatic heterocycles. The van der Waals surface area contributed by atoms with E-state index in [2.05, 4.69) is 38.5 Å². The van der Waals surface area contributed by atoms with Crippen LogP contribution in [0.25, 0.3) is 32.6 Å². The molecule has 1 saturated heterocycles. The normalized spacial score (nSPS) is 17.9. The van der Waals surface area contributed by atoms with Gasteiger partial charge in [-0.15, -0.1) is 23.7 Å². The van der Waals surface area contributed by atoms with Crippen molar-refractivity contribution in [2.75, 3.05) is 26.7 Å². The van der Waals surface area contributed by atoms with E-state index < -0.39 is 0 Å². The number of fused-ring (bicyclic) bond motifs is 1. The van der Waals surface area contributed by atoms with Gasteiger partial charge in [-0.25, -0.2) is 4.98 Å². The Morgan fingerprint density at radius 2 is 2.00 bits per heavy atom. The molecule has 0 amide bonds. The van der Waals surface area contributed by atoms with E-state index in [1.54, 1.807) is 11.3 Å². The second-order valence-electron chi connectivity index (χ2n) is 6.31. The molecule has 0 aliphatic carbocycles. The molecule has 0 spiro atoms. The number of furan rings is 1. The van der Waals surface area contributed by atoms with E-state index in [4.69, 9.17) is 8.94 Å². The summed E-state index contributed by atoms with van der Waals surface area (Å²) in [6, 6.07) is 11.9. The van der Waals surface area contributed by atoms with Gasteiger partial charge in [0.25, 0.3) is 5.89 Å². The highest BCUT2D eigenvalue weighted by Gasteiger charge is 2.26. The lowest BCUT2D eigenvalue weighted by Crippen LogP contribution is -2.44. The first kappa shape index (κ1) is 18.1. The second kappa shape index (κ2) is 7.40. The third-order valence-electron chi connectivity index (χ3n) is 4.57. The lowest BCUT2D eigenvalue weighted by molar-refractivity contribution is 0.190. The summed E-state index contributed by atoms with van der Waals surface area (Å²) < 4.78 is 12.5. The molecule has 140 valence electrons. The maximum Gasteiger partial charge on any atom is 0.293 e. The third-order valence-corrected chi connectivity index (χ3v) is 5.62. The minimum absolute atomic E-state index is 0. The predicted octanol–water partition coefficient (Wildman–Crippen LogP) is 3.60. The highest BCUT2D eigenvalue weighted by Crippen LogP contribution is 2.33. The first-order valence-corrected chi connectivity index (χ1v) is 9.30. The lowest BCUT2D eigenvalue weighted by Gasteiger charge is -2.30. The highest BCUT2D eigenvalue weighted by molar-refractivity contribution is 7.21. The number of rotatable bonds is 3. The minimum atomic E-state index is 0. The van der Waals surface area contributed by atoms with Crippen molar-refractivity contribution in [1.82, 2.24) is 25.3 Å². The van der Waals surface area contributed by atoms with Crippen molar-refractivity contribution in [1.29, 1.82) is 0 Å². The molecule has 1 aliphatic heterocycles. The van der Waals surface area contributed by atoms with Gasteiger partial charge in [0.05, 0.1) is 16.3 Å². The summed E-state index contributed by atoms with van der Waals surface area (Å²) in [5, 5.41) is 8.34. The molecule has 5 rings (SSSR count). The molecule has 1 fully saturated rings. The molecule has 1 aliphatic rings. The molecule has 7 nitrogen and oxygen atoms in total. The molecule has 9 heteroatoms. The Bertz CT molecular complexity index is 1030. The Balaban J connectivity index is 0.00000180. The van der Waals surface area contributed by atoms with E-state index in [-0.39, 0.29) is 18.4 Å². The molecule has 1 aromatic carbocycles. The SMILES string of the molecule is CN1CCNCC1c1noc(-c2ccc(-c3nc4ccccc4s3)o2)n1.Cl. The van der Waals surface area contributed by atoms with Gasteiger partial charge in [-0.3, -0.25) is 4.90 Å². The molecule has 1 N–H and O–H groups in total. The maximum atomic E-state index is 5.94. The monoisotopic (exact) mass is 403 g/mol. The fraction of sp³-hybridized carbons (Fsp3) is 0.278. The molecular weight excluding hydrogens is 386 g/mol. The molecule has 0 radical (unpaired) electrons. The largest absolute Gasteiger partial charge is 0.448 e.